The molecule has 0 saturated heterocycles. The Morgan fingerprint density at radius 1 is 0.574 bits per heavy atom. The molecule has 0 amide bonds. The molecule has 1 unspecified atom stereocenters. The molecule has 3 aromatic heterocycles. The van der Waals surface area contributed by atoms with E-state index >= 15 is 0 Å². The Bertz CT molecular complexity index is 1880. The first-order valence-corrected chi connectivity index (χ1v) is 16.1. The maximum atomic E-state index is 5.94. The van der Waals surface area contributed by atoms with E-state index in [-0.39, 0.29) is 0 Å². The number of benzene rings is 4. The Kier molecular flexibility index (Phi) is 8.72. The molecular weight excluding hydrogens is 588 g/mol. The van der Waals surface area contributed by atoms with Gasteiger partial charge < -0.3 is 24.8 Å². The Morgan fingerprint density at radius 3 is 1.53 bits per heavy atom. The van der Waals surface area contributed by atoms with Gasteiger partial charge in [-0.25, -0.2) is 9.97 Å². The number of aromatic nitrogens is 5. The second-order valence-electron chi connectivity index (χ2n) is 11.5. The summed E-state index contributed by atoms with van der Waals surface area (Å²) < 4.78 is 11.9. The summed E-state index contributed by atoms with van der Waals surface area (Å²) in [5.74, 6) is 3.04. The van der Waals surface area contributed by atoms with Gasteiger partial charge in [-0.05, 0) is 85.1 Å². The highest BCUT2D eigenvalue weighted by atomic mass is 16.4. The molecule has 236 valence electrons. The van der Waals surface area contributed by atoms with E-state index in [1.165, 1.54) is 19.3 Å². The highest BCUT2D eigenvalue weighted by molar-refractivity contribution is 5.77. The number of para-hydroxylation sites is 4. The van der Waals surface area contributed by atoms with Crippen LogP contribution < -0.4 is 16.0 Å². The second-order valence-corrected chi connectivity index (χ2v) is 11.5. The lowest BCUT2D eigenvalue weighted by molar-refractivity contribution is 0.472. The van der Waals surface area contributed by atoms with E-state index < -0.39 is 0 Å². The molecule has 3 N–H and O–H groups in total. The predicted octanol–water partition coefficient (Wildman–Crippen LogP) is 9.60. The molecule has 7 rings (SSSR count). The molecule has 10 nitrogen and oxygen atoms in total. The number of hydrogen-bond acceptors (Lipinski definition) is 10. The highest BCUT2D eigenvalue weighted by Gasteiger charge is 2.13. The number of nitrogens with one attached hydrogen (secondary N) is 3. The van der Waals surface area contributed by atoms with Crippen molar-refractivity contribution in [1.29, 1.82) is 0 Å². The van der Waals surface area contributed by atoms with Crippen molar-refractivity contribution in [2.45, 2.75) is 39.5 Å². The first-order valence-electron chi connectivity index (χ1n) is 16.1. The van der Waals surface area contributed by atoms with Crippen molar-refractivity contribution in [3.05, 3.63) is 97.1 Å². The first-order chi connectivity index (χ1) is 23.1. The van der Waals surface area contributed by atoms with Crippen LogP contribution in [0.2, 0.25) is 0 Å². The molecule has 0 spiro atoms. The molecule has 0 aliphatic heterocycles. The molecule has 4 aromatic carbocycles. The number of hydrogen-bond donors (Lipinski definition) is 3. The van der Waals surface area contributed by atoms with Gasteiger partial charge in [-0.1, -0.05) is 57.4 Å². The molecule has 0 radical (unpaired) electrons. The lowest BCUT2D eigenvalue weighted by Crippen LogP contribution is -2.16. The lowest BCUT2D eigenvalue weighted by Gasteiger charge is -2.16. The van der Waals surface area contributed by atoms with E-state index in [2.05, 4.69) is 39.8 Å². The minimum Gasteiger partial charge on any atom is -0.436 e. The van der Waals surface area contributed by atoms with Crippen molar-refractivity contribution in [3.8, 4) is 22.9 Å². The van der Waals surface area contributed by atoms with Crippen LogP contribution in [0.5, 0.6) is 0 Å². The van der Waals surface area contributed by atoms with Crippen molar-refractivity contribution in [3.63, 3.8) is 0 Å². The number of unbranched alkanes of at least 4 members (excludes halogenated alkanes) is 1. The summed E-state index contributed by atoms with van der Waals surface area (Å²) in [6.45, 7) is 5.24. The van der Waals surface area contributed by atoms with Crippen LogP contribution in [0.1, 0.15) is 39.5 Å². The fraction of sp³-hybridized carbons (Fsp3) is 0.216. The van der Waals surface area contributed by atoms with Crippen LogP contribution in [-0.2, 0) is 0 Å². The number of oxazole rings is 2. The topological polar surface area (TPSA) is 127 Å². The van der Waals surface area contributed by atoms with Crippen LogP contribution >= 0.6 is 0 Å². The summed E-state index contributed by atoms with van der Waals surface area (Å²) in [5, 5.41) is 10.1. The quantitative estimate of drug-likeness (QED) is 0.114. The fourth-order valence-corrected chi connectivity index (χ4v) is 5.39. The molecule has 3 heterocycles. The third-order valence-corrected chi connectivity index (χ3v) is 8.09. The average Bonchev–Trinajstić information content (AvgIpc) is 3.74. The molecule has 0 fully saturated rings. The summed E-state index contributed by atoms with van der Waals surface area (Å²) >= 11 is 0. The number of nitrogens with zero attached hydrogens (tertiary/aromatic N) is 5. The van der Waals surface area contributed by atoms with Crippen LogP contribution in [0.25, 0.3) is 45.1 Å². The normalized spacial score (nSPS) is 12.0. The molecule has 0 saturated carbocycles. The van der Waals surface area contributed by atoms with E-state index in [1.54, 1.807) is 0 Å². The average molecular weight is 625 g/mol. The monoisotopic (exact) mass is 624 g/mol. The van der Waals surface area contributed by atoms with Gasteiger partial charge in [0, 0.05) is 29.0 Å². The molecule has 0 aliphatic rings. The molecular formula is C37H36N8O2. The van der Waals surface area contributed by atoms with Crippen molar-refractivity contribution in [1.82, 2.24) is 24.9 Å². The third kappa shape index (κ3) is 7.06. The Morgan fingerprint density at radius 2 is 1.06 bits per heavy atom. The van der Waals surface area contributed by atoms with Crippen molar-refractivity contribution in [2.24, 2.45) is 5.92 Å². The first kappa shape index (κ1) is 29.9. The van der Waals surface area contributed by atoms with Gasteiger partial charge in [0.15, 0.2) is 11.2 Å². The SMILES string of the molecule is CCCCC(CC)CNc1nc(Nc2ccc(-c3nc4ccccc4o3)cc2)nc(Nc2ccc(-c3nc4ccccc4o3)cc2)n1. The molecule has 47 heavy (non-hydrogen) atoms. The van der Waals surface area contributed by atoms with E-state index in [9.17, 15) is 0 Å². The van der Waals surface area contributed by atoms with E-state index in [4.69, 9.17) is 23.8 Å². The standard InChI is InChI=1S/C37H36N8O2/c1-3-5-10-24(4-2)23-38-35-43-36(39-27-19-15-25(16-20-27)33-41-29-11-6-8-13-31(29)46-33)45-37(44-35)40-28-21-17-26(18-22-28)34-42-30-12-7-9-14-32(30)47-34/h6-9,11-22,24H,3-5,10,23H2,1-2H3,(H3,38,39,40,43,44,45). The Labute approximate surface area is 272 Å². The number of anilines is 5. The van der Waals surface area contributed by atoms with Gasteiger partial charge in [-0.2, -0.15) is 15.0 Å². The van der Waals surface area contributed by atoms with E-state index in [0.717, 1.165) is 57.7 Å². The fourth-order valence-electron chi connectivity index (χ4n) is 5.39. The summed E-state index contributed by atoms with van der Waals surface area (Å²) in [7, 11) is 0. The van der Waals surface area contributed by atoms with Gasteiger partial charge in [0.1, 0.15) is 11.0 Å². The largest absolute Gasteiger partial charge is 0.436 e. The zero-order valence-corrected chi connectivity index (χ0v) is 26.4. The van der Waals surface area contributed by atoms with Crippen LogP contribution in [0.4, 0.5) is 29.2 Å². The van der Waals surface area contributed by atoms with Gasteiger partial charge in [-0.3, -0.25) is 0 Å². The molecule has 7 aromatic rings. The van der Waals surface area contributed by atoms with Crippen molar-refractivity contribution < 1.29 is 8.83 Å². The molecule has 1 atom stereocenters. The second kappa shape index (κ2) is 13.7. The lowest BCUT2D eigenvalue weighted by atomic mass is 9.99. The van der Waals surface area contributed by atoms with Gasteiger partial charge in [0.25, 0.3) is 0 Å². The summed E-state index contributed by atoms with van der Waals surface area (Å²) in [6.07, 6.45) is 4.64. The van der Waals surface area contributed by atoms with Gasteiger partial charge in [0.2, 0.25) is 29.6 Å². The number of rotatable bonds is 13. The Hall–Kier alpha value is -5.77. The highest BCUT2D eigenvalue weighted by Crippen LogP contribution is 2.28. The van der Waals surface area contributed by atoms with Gasteiger partial charge >= 0.3 is 0 Å². The van der Waals surface area contributed by atoms with E-state index in [1.807, 2.05) is 97.1 Å². The zero-order valence-electron chi connectivity index (χ0n) is 26.4. The van der Waals surface area contributed by atoms with Gasteiger partial charge in [0.05, 0.1) is 0 Å². The summed E-state index contributed by atoms with van der Waals surface area (Å²) in [6, 6.07) is 31.2. The molecule has 0 aliphatic carbocycles. The van der Waals surface area contributed by atoms with Crippen LogP contribution in [0, 0.1) is 5.92 Å². The number of fused-ring (bicyclic) bond motifs is 2. The maximum Gasteiger partial charge on any atom is 0.233 e. The zero-order chi connectivity index (χ0) is 32.0. The Balaban J connectivity index is 1.10. The van der Waals surface area contributed by atoms with Crippen molar-refractivity contribution in [2.75, 3.05) is 22.5 Å². The van der Waals surface area contributed by atoms with Crippen LogP contribution in [0.3, 0.4) is 0 Å². The van der Waals surface area contributed by atoms with Crippen molar-refractivity contribution >= 4 is 51.4 Å². The summed E-state index contributed by atoms with van der Waals surface area (Å²) in [5.41, 5.74) is 6.59. The van der Waals surface area contributed by atoms with Gasteiger partial charge in [-0.15, -0.1) is 0 Å². The summed E-state index contributed by atoms with van der Waals surface area (Å²) in [4.78, 5) is 23.3. The minimum absolute atomic E-state index is 0.421. The smallest absolute Gasteiger partial charge is 0.233 e. The maximum absolute atomic E-state index is 5.94. The van der Waals surface area contributed by atoms with Crippen LogP contribution in [-0.4, -0.2) is 31.5 Å². The third-order valence-electron chi connectivity index (χ3n) is 8.09. The van der Waals surface area contributed by atoms with E-state index in [0.29, 0.717) is 35.5 Å². The predicted molar refractivity (Wildman–Crippen MR) is 187 cm³/mol. The molecule has 0 bridgehead atoms. The minimum atomic E-state index is 0.421. The molecule has 10 heteroatoms. The van der Waals surface area contributed by atoms with Crippen LogP contribution in [0.15, 0.2) is 106 Å².